The van der Waals surface area contributed by atoms with Crippen LogP contribution in [-0.2, 0) is 20.9 Å². The molecular weight excluding hydrogens is 558 g/mol. The summed E-state index contributed by atoms with van der Waals surface area (Å²) in [6.45, 7) is 4.91. The Balaban J connectivity index is 1.42. The van der Waals surface area contributed by atoms with E-state index in [0.29, 0.717) is 35.4 Å². The van der Waals surface area contributed by atoms with Crippen molar-refractivity contribution >= 4 is 45.7 Å². The highest BCUT2D eigenvalue weighted by molar-refractivity contribution is 5.97. The first-order chi connectivity index (χ1) is 21.2. The molecule has 3 aromatic carbocycles. The van der Waals surface area contributed by atoms with E-state index in [1.807, 2.05) is 56.3 Å². The van der Waals surface area contributed by atoms with Gasteiger partial charge >= 0.3 is 6.09 Å². The van der Waals surface area contributed by atoms with Crippen LogP contribution in [0.2, 0.25) is 0 Å². The largest absolute Gasteiger partial charge is 0.449 e. The van der Waals surface area contributed by atoms with Gasteiger partial charge in [-0.05, 0) is 77.4 Å². The van der Waals surface area contributed by atoms with E-state index >= 15 is 0 Å². The molecule has 44 heavy (non-hydrogen) atoms. The molecule has 3 N–H and O–H groups in total. The molecule has 0 radical (unpaired) electrons. The van der Waals surface area contributed by atoms with Gasteiger partial charge in [0, 0.05) is 61.1 Å². The van der Waals surface area contributed by atoms with E-state index in [2.05, 4.69) is 15.6 Å². The summed E-state index contributed by atoms with van der Waals surface area (Å²) in [5.41, 5.74) is 5.09. The van der Waals surface area contributed by atoms with Crippen LogP contribution in [-0.4, -0.2) is 48.0 Å². The van der Waals surface area contributed by atoms with Crippen LogP contribution in [0.1, 0.15) is 54.0 Å². The summed E-state index contributed by atoms with van der Waals surface area (Å²) < 4.78 is 5.57. The lowest BCUT2D eigenvalue weighted by Crippen LogP contribution is -2.36. The van der Waals surface area contributed by atoms with Gasteiger partial charge in [-0.25, -0.2) is 4.79 Å². The minimum Gasteiger partial charge on any atom is -0.449 e. The van der Waals surface area contributed by atoms with Crippen LogP contribution in [0.4, 0.5) is 21.9 Å². The summed E-state index contributed by atoms with van der Waals surface area (Å²) in [6, 6.07) is 17.7. The first-order valence-corrected chi connectivity index (χ1v) is 14.8. The molecule has 4 heterocycles. The first-order valence-electron chi connectivity index (χ1n) is 14.8. The number of carbonyl (C=O) groups is 3. The number of rotatable bonds is 3. The van der Waals surface area contributed by atoms with Crippen molar-refractivity contribution in [3.63, 3.8) is 0 Å². The number of nitrogens with one attached hydrogen (secondary N) is 3. The molecule has 3 amide bonds. The Morgan fingerprint density at radius 3 is 2.59 bits per heavy atom. The number of hydrogen-bond donors (Lipinski definition) is 3. The molecule has 3 aliphatic heterocycles. The Morgan fingerprint density at radius 1 is 0.977 bits per heavy atom. The lowest BCUT2D eigenvalue weighted by Gasteiger charge is -2.29. The number of H-pyrrole nitrogens is 1. The summed E-state index contributed by atoms with van der Waals surface area (Å²) in [5.74, 6) is -0.257. The second kappa shape index (κ2) is 11.9. The number of hydrogen-bond acceptors (Lipinski definition) is 6. The summed E-state index contributed by atoms with van der Waals surface area (Å²) in [5, 5.41) is 7.51. The van der Waals surface area contributed by atoms with Crippen LogP contribution in [0.3, 0.4) is 0 Å². The van der Waals surface area contributed by atoms with Gasteiger partial charge in [-0.2, -0.15) is 0 Å². The van der Waals surface area contributed by atoms with Crippen LogP contribution in [0.15, 0.2) is 71.7 Å². The van der Waals surface area contributed by atoms with Gasteiger partial charge < -0.3 is 24.8 Å². The molecule has 1 aromatic heterocycles. The van der Waals surface area contributed by atoms with Crippen molar-refractivity contribution in [1.82, 2.24) is 9.88 Å². The maximum Gasteiger partial charge on any atom is 0.411 e. The van der Waals surface area contributed by atoms with Crippen LogP contribution in [0, 0.1) is 6.92 Å². The number of ether oxygens (including phenoxy) is 1. The molecule has 10 nitrogen and oxygen atoms in total. The predicted octanol–water partition coefficient (Wildman–Crippen LogP) is 5.44. The topological polar surface area (TPSA) is 124 Å². The van der Waals surface area contributed by atoms with Crippen molar-refractivity contribution < 1.29 is 19.1 Å². The Hall–Kier alpha value is -5.12. The molecule has 7 rings (SSSR count). The summed E-state index contributed by atoms with van der Waals surface area (Å²) in [7, 11) is 1.72. The van der Waals surface area contributed by atoms with Gasteiger partial charge in [-0.15, -0.1) is 0 Å². The standard InChI is InChI=1S/C34H35N5O5/c1-20-15-23-7-10-27(20)21(2)19-44-34(43)37-25-9-11-29(39-14-4-5-30(39)40)24(16-25)18-38(3)33(42)31(23)36-26-8-6-22-12-13-35-32(41)28(22)17-26/h6-13,15-17,21,31,36H,4-5,14,18-19H2,1-3H3,(H,35,41)(H,37,43)/t21-,31+/m0/s1. The average Bonchev–Trinajstić information content (AvgIpc) is 3.43. The van der Waals surface area contributed by atoms with Gasteiger partial charge in [0.2, 0.25) is 11.8 Å². The summed E-state index contributed by atoms with van der Waals surface area (Å²) in [4.78, 5) is 58.3. The molecule has 0 aliphatic carbocycles. The molecule has 0 unspecified atom stereocenters. The monoisotopic (exact) mass is 593 g/mol. The highest BCUT2D eigenvalue weighted by Crippen LogP contribution is 2.32. The fraction of sp³-hybridized carbons (Fsp3) is 0.294. The zero-order valence-electron chi connectivity index (χ0n) is 25.0. The van der Waals surface area contributed by atoms with Crippen molar-refractivity contribution in [2.45, 2.75) is 45.2 Å². The third kappa shape index (κ3) is 5.75. The Kier molecular flexibility index (Phi) is 7.82. The smallest absolute Gasteiger partial charge is 0.411 e. The molecule has 3 aliphatic rings. The average molecular weight is 594 g/mol. The van der Waals surface area contributed by atoms with Crippen LogP contribution >= 0.6 is 0 Å². The van der Waals surface area contributed by atoms with Crippen molar-refractivity contribution in [2.75, 3.05) is 35.7 Å². The Bertz CT molecular complexity index is 1830. The van der Waals surface area contributed by atoms with Crippen LogP contribution in [0.25, 0.3) is 10.8 Å². The van der Waals surface area contributed by atoms with Crippen LogP contribution < -0.4 is 21.1 Å². The van der Waals surface area contributed by atoms with Gasteiger partial charge in [0.25, 0.3) is 5.56 Å². The lowest BCUT2D eigenvalue weighted by atomic mass is 9.93. The second-order valence-corrected chi connectivity index (χ2v) is 11.6. The highest BCUT2D eigenvalue weighted by atomic mass is 16.5. The molecule has 2 atom stereocenters. The van der Waals surface area contributed by atoms with Crippen molar-refractivity contribution in [2.24, 2.45) is 0 Å². The molecule has 1 fully saturated rings. The minimum absolute atomic E-state index is 0.0258. The molecule has 4 bridgehead atoms. The Morgan fingerprint density at radius 2 is 1.82 bits per heavy atom. The van der Waals surface area contributed by atoms with E-state index in [1.165, 1.54) is 0 Å². The third-order valence-corrected chi connectivity index (χ3v) is 8.43. The van der Waals surface area contributed by atoms with Gasteiger partial charge in [0.05, 0.1) is 6.61 Å². The number of likely N-dealkylation sites (N-methyl/N-ethyl adjacent to an activating group) is 1. The fourth-order valence-corrected chi connectivity index (χ4v) is 6.11. The maximum atomic E-state index is 14.3. The molecule has 10 heteroatoms. The number of aromatic amines is 1. The highest BCUT2D eigenvalue weighted by Gasteiger charge is 2.29. The van der Waals surface area contributed by atoms with E-state index in [1.54, 1.807) is 41.2 Å². The zero-order chi connectivity index (χ0) is 31.0. The SMILES string of the molecule is Cc1cc2ccc1[C@@H](C)COC(=O)Nc1ccc(N3CCCC3=O)c(c1)CN(C)C(=O)[C@@H]2Nc1ccc2cc[nH]c(=O)c2c1. The normalized spacial score (nSPS) is 19.3. The molecule has 4 aromatic rings. The van der Waals surface area contributed by atoms with E-state index in [9.17, 15) is 19.2 Å². The predicted molar refractivity (Wildman–Crippen MR) is 170 cm³/mol. The molecule has 0 saturated carbocycles. The first kappa shape index (κ1) is 29.0. The molecular formula is C34H35N5O5. The van der Waals surface area contributed by atoms with Gasteiger partial charge in [0.1, 0.15) is 6.04 Å². The van der Waals surface area contributed by atoms with E-state index in [-0.39, 0.29) is 36.4 Å². The second-order valence-electron chi connectivity index (χ2n) is 11.6. The number of fused-ring (bicyclic) bond motifs is 10. The quantitative estimate of drug-likeness (QED) is 0.291. The third-order valence-electron chi connectivity index (χ3n) is 8.43. The summed E-state index contributed by atoms with van der Waals surface area (Å²) in [6.07, 6.45) is 2.26. The van der Waals surface area contributed by atoms with Gasteiger partial charge in [-0.1, -0.05) is 31.2 Å². The molecule has 0 spiro atoms. The number of benzene rings is 3. The number of carbonyl (C=O) groups excluding carboxylic acids is 3. The van der Waals surface area contributed by atoms with Crippen molar-refractivity contribution in [3.8, 4) is 0 Å². The van der Waals surface area contributed by atoms with Crippen molar-refractivity contribution in [3.05, 3.63) is 99.5 Å². The maximum absolute atomic E-state index is 14.3. The zero-order valence-corrected chi connectivity index (χ0v) is 25.0. The minimum atomic E-state index is -0.771. The number of amides is 3. The van der Waals surface area contributed by atoms with E-state index in [4.69, 9.17) is 4.74 Å². The van der Waals surface area contributed by atoms with Crippen LogP contribution in [0.5, 0.6) is 0 Å². The number of aromatic nitrogens is 1. The number of nitrogens with zero attached hydrogens (tertiary/aromatic N) is 2. The van der Waals surface area contributed by atoms with Gasteiger partial charge in [-0.3, -0.25) is 19.7 Å². The molecule has 226 valence electrons. The summed E-state index contributed by atoms with van der Waals surface area (Å²) >= 11 is 0. The fourth-order valence-electron chi connectivity index (χ4n) is 6.11. The van der Waals surface area contributed by atoms with E-state index < -0.39 is 12.1 Å². The molecule has 1 saturated heterocycles. The van der Waals surface area contributed by atoms with Crippen molar-refractivity contribution in [1.29, 1.82) is 0 Å². The number of pyridine rings is 1. The number of aryl methyl sites for hydroxylation is 1. The number of anilines is 3. The van der Waals surface area contributed by atoms with E-state index in [0.717, 1.165) is 34.1 Å². The Labute approximate surface area is 255 Å². The van der Waals surface area contributed by atoms with Gasteiger partial charge in [0.15, 0.2) is 0 Å². The lowest BCUT2D eigenvalue weighted by molar-refractivity contribution is -0.131.